The summed E-state index contributed by atoms with van der Waals surface area (Å²) in [4.78, 5) is 24.7. The lowest BCUT2D eigenvalue weighted by molar-refractivity contribution is -0.120. The van der Waals surface area contributed by atoms with Crippen LogP contribution in [0.3, 0.4) is 0 Å². The first-order valence-electron chi connectivity index (χ1n) is 7.11. The van der Waals surface area contributed by atoms with Crippen molar-refractivity contribution >= 4 is 23.2 Å². The monoisotopic (exact) mass is 329 g/mol. The maximum absolute atomic E-state index is 12.6. The van der Waals surface area contributed by atoms with Gasteiger partial charge in [0.2, 0.25) is 5.91 Å². The molecule has 0 fully saturated rings. The van der Waals surface area contributed by atoms with E-state index >= 15 is 0 Å². The highest BCUT2D eigenvalue weighted by molar-refractivity contribution is 6.30. The number of amides is 1. The molecular weight excluding hydrogens is 314 g/mol. The van der Waals surface area contributed by atoms with E-state index in [4.69, 9.17) is 16.9 Å². The number of anilines is 1. The Morgan fingerprint density at radius 3 is 2.70 bits per heavy atom. The quantitative estimate of drug-likeness (QED) is 0.935. The van der Waals surface area contributed by atoms with Crippen LogP contribution >= 0.6 is 11.6 Å². The van der Waals surface area contributed by atoms with Gasteiger partial charge in [0.15, 0.2) is 0 Å². The molecule has 0 aliphatic rings. The van der Waals surface area contributed by atoms with Crippen molar-refractivity contribution in [1.29, 1.82) is 5.26 Å². The number of pyridine rings is 1. The molecule has 1 N–H and O–H groups in total. The van der Waals surface area contributed by atoms with E-state index in [1.807, 2.05) is 19.9 Å². The van der Waals surface area contributed by atoms with Crippen molar-refractivity contribution in [2.75, 3.05) is 5.32 Å². The first-order chi connectivity index (χ1) is 10.9. The predicted molar refractivity (Wildman–Crippen MR) is 89.4 cm³/mol. The van der Waals surface area contributed by atoms with E-state index in [1.54, 1.807) is 24.3 Å². The topological polar surface area (TPSA) is 74.9 Å². The minimum atomic E-state index is -0.702. The third-order valence-electron chi connectivity index (χ3n) is 3.36. The lowest BCUT2D eigenvalue weighted by atomic mass is 10.0. The number of halogens is 1. The first-order valence-corrected chi connectivity index (χ1v) is 7.49. The number of nitrogens with zero attached hydrogens (tertiary/aromatic N) is 2. The molecule has 23 heavy (non-hydrogen) atoms. The zero-order valence-corrected chi connectivity index (χ0v) is 13.5. The second-order valence-corrected chi connectivity index (χ2v) is 5.90. The highest BCUT2D eigenvalue weighted by Crippen LogP contribution is 2.20. The minimum Gasteiger partial charge on any atom is -0.324 e. The molecule has 1 atom stereocenters. The fraction of sp³-hybridized carbons (Fsp3) is 0.235. The van der Waals surface area contributed by atoms with E-state index in [2.05, 4.69) is 5.32 Å². The van der Waals surface area contributed by atoms with Crippen LogP contribution in [0.1, 0.15) is 25.5 Å². The van der Waals surface area contributed by atoms with Crippen LogP contribution in [-0.4, -0.2) is 10.5 Å². The number of carbonyl (C=O) groups is 1. The molecule has 1 unspecified atom stereocenters. The summed E-state index contributed by atoms with van der Waals surface area (Å²) in [5, 5.41) is 12.0. The van der Waals surface area contributed by atoms with Crippen molar-refractivity contribution in [3.8, 4) is 6.07 Å². The summed E-state index contributed by atoms with van der Waals surface area (Å²) in [7, 11) is 0. The molecule has 5 nitrogen and oxygen atoms in total. The van der Waals surface area contributed by atoms with E-state index in [0.717, 1.165) is 0 Å². The minimum absolute atomic E-state index is 0.120. The van der Waals surface area contributed by atoms with Gasteiger partial charge < -0.3 is 9.88 Å². The Kier molecular flexibility index (Phi) is 5.20. The van der Waals surface area contributed by atoms with Gasteiger partial charge in [-0.3, -0.25) is 9.59 Å². The fourth-order valence-corrected chi connectivity index (χ4v) is 2.49. The number of nitrogens with one attached hydrogen (secondary N) is 1. The molecule has 0 radical (unpaired) electrons. The van der Waals surface area contributed by atoms with Gasteiger partial charge >= 0.3 is 0 Å². The molecule has 1 heterocycles. The van der Waals surface area contributed by atoms with Crippen molar-refractivity contribution in [1.82, 2.24) is 4.57 Å². The highest BCUT2D eigenvalue weighted by atomic mass is 35.5. The van der Waals surface area contributed by atoms with Crippen molar-refractivity contribution in [3.05, 3.63) is 63.5 Å². The largest absolute Gasteiger partial charge is 0.324 e. The number of hydrogen-bond donors (Lipinski definition) is 1. The number of nitriles is 1. The Hall–Kier alpha value is -2.58. The van der Waals surface area contributed by atoms with Crippen molar-refractivity contribution < 1.29 is 4.79 Å². The number of aromatic nitrogens is 1. The highest BCUT2D eigenvalue weighted by Gasteiger charge is 2.25. The molecule has 0 aliphatic carbocycles. The molecule has 0 saturated carbocycles. The summed E-state index contributed by atoms with van der Waals surface area (Å²) in [5.41, 5.74) is 0.660. The zero-order valence-electron chi connectivity index (χ0n) is 12.8. The summed E-state index contributed by atoms with van der Waals surface area (Å²) in [6.07, 6.45) is 1.46. The molecule has 0 spiro atoms. The Morgan fingerprint density at radius 1 is 1.30 bits per heavy atom. The average molecular weight is 330 g/mol. The number of carbonyl (C=O) groups excluding carboxylic acids is 1. The summed E-state index contributed by atoms with van der Waals surface area (Å²) < 4.78 is 1.33. The van der Waals surface area contributed by atoms with E-state index < -0.39 is 6.04 Å². The van der Waals surface area contributed by atoms with Crippen molar-refractivity contribution in [2.24, 2.45) is 5.92 Å². The Morgan fingerprint density at radius 2 is 2.04 bits per heavy atom. The van der Waals surface area contributed by atoms with Crippen LogP contribution < -0.4 is 10.9 Å². The molecule has 2 aromatic rings. The molecule has 0 bridgehead atoms. The standard InChI is InChI=1S/C17H16ClN3O2/c1-11(2)16(21-10-13(18)6-7-15(21)22)17(23)20-14-5-3-4-12(8-14)9-19/h3-8,10-11,16H,1-2H3,(H,20,23). The van der Waals surface area contributed by atoms with Crippen LogP contribution in [0.15, 0.2) is 47.4 Å². The van der Waals surface area contributed by atoms with Gasteiger partial charge in [0.1, 0.15) is 6.04 Å². The van der Waals surface area contributed by atoms with E-state index in [0.29, 0.717) is 16.3 Å². The molecule has 1 aromatic carbocycles. The molecule has 6 heteroatoms. The van der Waals surface area contributed by atoms with E-state index in [-0.39, 0.29) is 17.4 Å². The summed E-state index contributed by atoms with van der Waals surface area (Å²) in [6.45, 7) is 3.70. The molecular formula is C17H16ClN3O2. The summed E-state index contributed by atoms with van der Waals surface area (Å²) in [5.74, 6) is -0.454. The molecule has 1 aromatic heterocycles. The van der Waals surface area contributed by atoms with E-state index in [9.17, 15) is 9.59 Å². The normalized spacial score (nSPS) is 11.8. The Bertz CT molecular complexity index is 821. The van der Waals surface area contributed by atoms with Crippen LogP contribution in [0, 0.1) is 17.2 Å². The average Bonchev–Trinajstić information content (AvgIpc) is 2.50. The summed E-state index contributed by atoms with van der Waals surface area (Å²) >= 11 is 5.94. The van der Waals surface area contributed by atoms with Crippen LogP contribution in [0.25, 0.3) is 0 Å². The maximum atomic E-state index is 12.6. The van der Waals surface area contributed by atoms with Gasteiger partial charge in [0, 0.05) is 18.0 Å². The lowest BCUT2D eigenvalue weighted by Crippen LogP contribution is -2.35. The zero-order chi connectivity index (χ0) is 17.0. The van der Waals surface area contributed by atoms with Crippen LogP contribution in [0.5, 0.6) is 0 Å². The number of rotatable bonds is 4. The third kappa shape index (κ3) is 3.99. The molecule has 0 aliphatic heterocycles. The maximum Gasteiger partial charge on any atom is 0.251 e. The third-order valence-corrected chi connectivity index (χ3v) is 3.58. The second-order valence-electron chi connectivity index (χ2n) is 5.46. The van der Waals surface area contributed by atoms with Gasteiger partial charge in [0.05, 0.1) is 16.7 Å². The summed E-state index contributed by atoms with van der Waals surface area (Å²) in [6, 6.07) is 10.7. The molecule has 2 rings (SSSR count). The van der Waals surface area contributed by atoms with Gasteiger partial charge in [-0.2, -0.15) is 5.26 Å². The Balaban J connectivity index is 2.34. The van der Waals surface area contributed by atoms with Gasteiger partial charge in [0.25, 0.3) is 5.56 Å². The van der Waals surface area contributed by atoms with Crippen LogP contribution in [0.2, 0.25) is 5.02 Å². The van der Waals surface area contributed by atoms with Gasteiger partial charge in [-0.05, 0) is 30.2 Å². The molecule has 1 amide bonds. The van der Waals surface area contributed by atoms with Crippen molar-refractivity contribution in [3.63, 3.8) is 0 Å². The molecule has 0 saturated heterocycles. The second kappa shape index (κ2) is 7.12. The Labute approximate surface area is 139 Å². The van der Waals surface area contributed by atoms with Crippen LogP contribution in [-0.2, 0) is 4.79 Å². The molecule has 118 valence electrons. The smallest absolute Gasteiger partial charge is 0.251 e. The van der Waals surface area contributed by atoms with Crippen molar-refractivity contribution in [2.45, 2.75) is 19.9 Å². The van der Waals surface area contributed by atoms with Gasteiger partial charge in [-0.1, -0.05) is 31.5 Å². The fourth-order valence-electron chi connectivity index (χ4n) is 2.33. The first kappa shape index (κ1) is 16.8. The van der Waals surface area contributed by atoms with Crippen LogP contribution in [0.4, 0.5) is 5.69 Å². The van der Waals surface area contributed by atoms with Gasteiger partial charge in [-0.25, -0.2) is 0 Å². The van der Waals surface area contributed by atoms with E-state index in [1.165, 1.54) is 22.9 Å². The van der Waals surface area contributed by atoms with Gasteiger partial charge in [-0.15, -0.1) is 0 Å². The SMILES string of the molecule is CC(C)C(C(=O)Nc1cccc(C#N)c1)n1cc(Cl)ccc1=O. The lowest BCUT2D eigenvalue weighted by Gasteiger charge is -2.23. The number of hydrogen-bond acceptors (Lipinski definition) is 3. The predicted octanol–water partition coefficient (Wildman–Crippen LogP) is 3.21. The number of benzene rings is 1.